The van der Waals surface area contributed by atoms with E-state index >= 15 is 0 Å². The second kappa shape index (κ2) is 52.2. The molecular weight excluding hydrogens is 1250 g/mol. The van der Waals surface area contributed by atoms with Crippen molar-refractivity contribution in [2.24, 2.45) is 27.1 Å². The zero-order chi connectivity index (χ0) is 72.3. The molecule has 8 N–H and O–H groups in total. The Hall–Kier alpha value is -5.88. The van der Waals surface area contributed by atoms with Gasteiger partial charge in [-0.25, -0.2) is 0 Å². The predicted molar refractivity (Wildman–Crippen MR) is 360 cm³/mol. The lowest BCUT2D eigenvalue weighted by Gasteiger charge is -2.33. The van der Waals surface area contributed by atoms with Crippen LogP contribution in [0, 0.1) is 27.1 Å². The average molecular weight is 1370 g/mol. The van der Waals surface area contributed by atoms with Crippen molar-refractivity contribution in [3.63, 3.8) is 0 Å². The van der Waals surface area contributed by atoms with Gasteiger partial charge in [0.25, 0.3) is 0 Å². The third kappa shape index (κ3) is 52.3. The number of ether oxygens (including phenoxy) is 8. The zero-order valence-electron chi connectivity index (χ0n) is 60.2. The first-order chi connectivity index (χ1) is 45.2. The van der Waals surface area contributed by atoms with Crippen LogP contribution in [0.1, 0.15) is 179 Å². The number of nitrogens with one attached hydrogen (secondary N) is 8. The summed E-state index contributed by atoms with van der Waals surface area (Å²) in [5.41, 5.74) is -3.07. The van der Waals surface area contributed by atoms with Crippen LogP contribution >= 0.6 is 0 Å². The second-order valence-corrected chi connectivity index (χ2v) is 28.0. The number of carbonyl (C=O) groups is 12. The molecule has 0 aromatic rings. The fourth-order valence-corrected chi connectivity index (χ4v) is 8.05. The van der Waals surface area contributed by atoms with Crippen molar-refractivity contribution in [3.05, 3.63) is 0 Å². The largest absolute Gasteiger partial charge is 0.381 e. The Morgan fingerprint density at radius 2 is 0.417 bits per heavy atom. The van der Waals surface area contributed by atoms with E-state index in [-0.39, 0.29) is 260 Å². The highest BCUT2D eigenvalue weighted by molar-refractivity contribution is 5.85. The first-order valence-electron chi connectivity index (χ1n) is 34.1. The van der Waals surface area contributed by atoms with Crippen LogP contribution in [0.2, 0.25) is 0 Å². The van der Waals surface area contributed by atoms with E-state index in [2.05, 4.69) is 42.5 Å². The summed E-state index contributed by atoms with van der Waals surface area (Å²) in [4.78, 5) is 148. The van der Waals surface area contributed by atoms with Crippen LogP contribution in [0.5, 0.6) is 0 Å². The molecule has 0 unspecified atom stereocenters. The van der Waals surface area contributed by atoms with Crippen LogP contribution in [-0.4, -0.2) is 228 Å². The van der Waals surface area contributed by atoms with Crippen LogP contribution in [0.4, 0.5) is 0 Å². The number of hydrogen-bond donors (Lipinski definition) is 8. The van der Waals surface area contributed by atoms with Gasteiger partial charge < -0.3 is 80.4 Å². The topological polar surface area (TPSA) is 375 Å². The van der Waals surface area contributed by atoms with Gasteiger partial charge in [-0.2, -0.15) is 0 Å². The Bertz CT molecular complexity index is 2120. The predicted octanol–water partition coefficient (Wildman–Crippen LogP) is 3.35. The van der Waals surface area contributed by atoms with Crippen LogP contribution in [0.15, 0.2) is 0 Å². The number of carbonyl (C=O) groups excluding carboxylic acids is 12. The Morgan fingerprint density at radius 3 is 0.646 bits per heavy atom. The summed E-state index contributed by atoms with van der Waals surface area (Å²) in [5.74, 6) is -2.05. The highest BCUT2D eigenvalue weighted by Gasteiger charge is 2.33. The van der Waals surface area contributed by atoms with E-state index in [1.54, 1.807) is 83.1 Å². The first-order valence-corrected chi connectivity index (χ1v) is 34.1. The van der Waals surface area contributed by atoms with Crippen LogP contribution < -0.4 is 42.5 Å². The van der Waals surface area contributed by atoms with Crippen molar-refractivity contribution in [1.82, 2.24) is 42.5 Å². The summed E-state index contributed by atoms with van der Waals surface area (Å²) in [7, 11) is 0. The number of hydrogen-bond acceptors (Lipinski definition) is 20. The quantitative estimate of drug-likeness (QED) is 0.0405. The minimum atomic E-state index is -0.912. The van der Waals surface area contributed by atoms with Gasteiger partial charge in [-0.3, -0.25) is 57.5 Å². The highest BCUT2D eigenvalue weighted by atomic mass is 16.5. The summed E-state index contributed by atoms with van der Waals surface area (Å²) in [5, 5.41) is 22.0. The van der Waals surface area contributed by atoms with Gasteiger partial charge in [-0.15, -0.1) is 0 Å². The van der Waals surface area contributed by atoms with E-state index in [9.17, 15) is 57.5 Å². The lowest BCUT2D eigenvalue weighted by atomic mass is 9.92. The summed E-state index contributed by atoms with van der Waals surface area (Å²) in [6.45, 7) is 25.0. The number of ketones is 4. The molecule has 0 aliphatic heterocycles. The van der Waals surface area contributed by atoms with Crippen molar-refractivity contribution >= 4 is 70.4 Å². The van der Waals surface area contributed by atoms with Gasteiger partial charge in [0.2, 0.25) is 47.3 Å². The molecule has 0 radical (unpaired) electrons. The monoisotopic (exact) mass is 1370 g/mol. The molecule has 8 amide bonds. The van der Waals surface area contributed by atoms with E-state index in [0.717, 1.165) is 0 Å². The van der Waals surface area contributed by atoms with Crippen LogP contribution in [-0.2, 0) is 95.4 Å². The number of amides is 8. The Balaban J connectivity index is 5.64. The van der Waals surface area contributed by atoms with Gasteiger partial charge in [0, 0.05) is 165 Å². The molecule has 0 spiro atoms. The van der Waals surface area contributed by atoms with Gasteiger partial charge in [0.15, 0.2) is 23.1 Å². The van der Waals surface area contributed by atoms with Gasteiger partial charge in [-0.05, 0) is 44.9 Å². The minimum Gasteiger partial charge on any atom is -0.381 e. The molecule has 554 valence electrons. The smallest absolute Gasteiger partial charge is 0.225 e. The van der Waals surface area contributed by atoms with Gasteiger partial charge in [-0.1, -0.05) is 83.1 Å². The molecule has 0 aromatic carbocycles. The van der Waals surface area contributed by atoms with Crippen molar-refractivity contribution in [2.75, 3.05) is 158 Å². The maximum atomic E-state index is 12.7. The average Bonchev–Trinajstić information content (AvgIpc) is 1.13. The van der Waals surface area contributed by atoms with E-state index in [0.29, 0.717) is 64.6 Å². The summed E-state index contributed by atoms with van der Waals surface area (Å²) < 4.78 is 47.3. The molecule has 0 fully saturated rings. The lowest BCUT2D eigenvalue weighted by Crippen LogP contribution is -2.42. The van der Waals surface area contributed by atoms with E-state index < -0.39 is 27.1 Å². The second-order valence-electron chi connectivity index (χ2n) is 28.0. The van der Waals surface area contributed by atoms with Crippen molar-refractivity contribution in [3.8, 4) is 0 Å². The standard InChI is InChI=1S/C68H122N8O20/c1-64(2,3)60(85)73-32-28-69-56(81)24-13-20-52(77)44-89-36-17-39-93-48-68(51-96-43-42-92-47-55(80)23-16-27-59(84)72-31-35-76-63(88)67(10,11)12,49-94-40-18-37-90-45-53(78)21-14-25-57(82)70-29-33-74-61(86)65(4,5)6)50-95-41-19-38-91-46-54(79)22-15-26-58(83)71-30-34-75-62(87)66(7,8)9/h13-51H2,1-12H3,(H,69,81)(H,70,82)(H,71,83)(H,72,84)(H,73,85)(H,74,86)(H,75,87)(H,76,88). The molecule has 28 nitrogen and oxygen atoms in total. The number of rotatable bonds is 59. The lowest BCUT2D eigenvalue weighted by molar-refractivity contribution is -0.129. The summed E-state index contributed by atoms with van der Waals surface area (Å²) >= 11 is 0. The summed E-state index contributed by atoms with van der Waals surface area (Å²) in [6.07, 6.45) is 3.79. The Kier molecular flexibility index (Phi) is 49.0. The molecule has 0 aliphatic rings. The summed E-state index contributed by atoms with van der Waals surface area (Å²) in [6, 6.07) is 0. The third-order valence-electron chi connectivity index (χ3n) is 13.9. The minimum absolute atomic E-state index is 0.0592. The molecule has 0 heterocycles. The van der Waals surface area contributed by atoms with Crippen molar-refractivity contribution < 1.29 is 95.4 Å². The normalized spacial score (nSPS) is 11.9. The zero-order valence-corrected chi connectivity index (χ0v) is 60.2. The molecule has 0 saturated heterocycles. The van der Waals surface area contributed by atoms with Crippen LogP contribution in [0.3, 0.4) is 0 Å². The van der Waals surface area contributed by atoms with E-state index in [4.69, 9.17) is 37.9 Å². The van der Waals surface area contributed by atoms with Crippen molar-refractivity contribution in [1.29, 1.82) is 0 Å². The molecule has 0 aromatic heterocycles. The molecule has 0 bridgehead atoms. The highest BCUT2D eigenvalue weighted by Crippen LogP contribution is 2.22. The Morgan fingerprint density at radius 1 is 0.229 bits per heavy atom. The van der Waals surface area contributed by atoms with Crippen LogP contribution in [0.25, 0.3) is 0 Å². The molecule has 0 saturated carbocycles. The molecule has 28 heteroatoms. The molecular formula is C68H122N8O20. The van der Waals surface area contributed by atoms with Gasteiger partial charge in [0.05, 0.1) is 45.1 Å². The molecule has 0 atom stereocenters. The Labute approximate surface area is 570 Å². The molecule has 0 aliphatic carbocycles. The van der Waals surface area contributed by atoms with E-state index in [1.165, 1.54) is 0 Å². The first kappa shape index (κ1) is 90.1. The molecule has 0 rings (SSSR count). The van der Waals surface area contributed by atoms with E-state index in [1.807, 2.05) is 0 Å². The fraction of sp³-hybridized carbons (Fsp3) is 0.824. The number of Topliss-reactive ketones (excluding diaryl/α,β-unsaturated/α-hetero) is 4. The maximum absolute atomic E-state index is 12.7. The van der Waals surface area contributed by atoms with Gasteiger partial charge >= 0.3 is 0 Å². The third-order valence-corrected chi connectivity index (χ3v) is 13.9. The molecule has 96 heavy (non-hydrogen) atoms. The van der Waals surface area contributed by atoms with Gasteiger partial charge in [0.1, 0.15) is 26.4 Å². The van der Waals surface area contributed by atoms with Crippen molar-refractivity contribution in [2.45, 2.75) is 179 Å². The maximum Gasteiger partial charge on any atom is 0.225 e. The SMILES string of the molecule is CC(C)(C)C(=O)NCCNC(=O)CCCC(=O)COCCCOCC(COCCCOCC(=O)CCCC(=O)NCCNC(=O)C(C)(C)C)(COCCCOCC(=O)CCCC(=O)NCCNC(=O)C(C)(C)C)COCCOCC(=O)CCCC(=O)NCCNC(=O)C(C)(C)C. The fourth-order valence-electron chi connectivity index (χ4n) is 8.05.